The van der Waals surface area contributed by atoms with E-state index in [4.69, 9.17) is 5.11 Å². The number of carboxylic acids is 1. The Morgan fingerprint density at radius 1 is 1.17 bits per heavy atom. The molecule has 2 amide bonds. The van der Waals surface area contributed by atoms with Crippen molar-refractivity contribution in [3.05, 3.63) is 0 Å². The second-order valence-corrected chi connectivity index (χ2v) is 10.4. The van der Waals surface area contributed by atoms with Crippen LogP contribution in [-0.4, -0.2) is 73.6 Å². The first-order chi connectivity index (χ1) is 14.0. The molecular weight excluding hydrogens is 390 g/mol. The SMILES string of the molecule is O=C(O)CCCSC1CC2C(C1)N(C1CC1)C(=O)N2/N=C/C(O)C1CCCCC1. The maximum absolute atomic E-state index is 13.0. The molecule has 4 fully saturated rings. The summed E-state index contributed by atoms with van der Waals surface area (Å²) >= 11 is 1.84. The third-order valence-electron chi connectivity index (χ3n) is 6.85. The first kappa shape index (κ1) is 21.0. The van der Waals surface area contributed by atoms with Gasteiger partial charge in [0.1, 0.15) is 0 Å². The molecule has 1 saturated heterocycles. The zero-order chi connectivity index (χ0) is 20.4. The van der Waals surface area contributed by atoms with Gasteiger partial charge in [-0.05, 0) is 56.6 Å². The van der Waals surface area contributed by atoms with Crippen LogP contribution in [0.5, 0.6) is 0 Å². The second-order valence-electron chi connectivity index (χ2n) is 9.02. The summed E-state index contributed by atoms with van der Waals surface area (Å²) in [6, 6.07) is 0.643. The third kappa shape index (κ3) is 4.90. The number of hydrogen-bond donors (Lipinski definition) is 2. The number of rotatable bonds is 9. The van der Waals surface area contributed by atoms with Gasteiger partial charge in [0.2, 0.25) is 0 Å². The average Bonchev–Trinajstić information content (AvgIpc) is 3.40. The quantitative estimate of drug-likeness (QED) is 0.438. The van der Waals surface area contributed by atoms with Crippen LogP contribution in [0.15, 0.2) is 5.10 Å². The van der Waals surface area contributed by atoms with Crippen LogP contribution in [0.1, 0.15) is 70.6 Å². The molecule has 0 radical (unpaired) electrons. The van der Waals surface area contributed by atoms with Gasteiger partial charge in [-0.3, -0.25) is 4.79 Å². The Bertz CT molecular complexity index is 635. The van der Waals surface area contributed by atoms with Crippen molar-refractivity contribution in [1.82, 2.24) is 9.91 Å². The van der Waals surface area contributed by atoms with E-state index in [2.05, 4.69) is 5.10 Å². The molecule has 2 N–H and O–H groups in total. The lowest BCUT2D eigenvalue weighted by Crippen LogP contribution is -2.36. The van der Waals surface area contributed by atoms with Gasteiger partial charge in [-0.1, -0.05) is 19.3 Å². The number of carbonyl (C=O) groups is 2. The first-order valence-electron chi connectivity index (χ1n) is 11.2. The molecule has 0 aromatic rings. The van der Waals surface area contributed by atoms with Crippen molar-refractivity contribution in [3.63, 3.8) is 0 Å². The van der Waals surface area contributed by atoms with E-state index in [1.807, 2.05) is 16.7 Å². The van der Waals surface area contributed by atoms with Crippen LogP contribution >= 0.6 is 11.8 Å². The van der Waals surface area contributed by atoms with Gasteiger partial charge >= 0.3 is 12.0 Å². The summed E-state index contributed by atoms with van der Waals surface area (Å²) in [5.41, 5.74) is 0. The maximum Gasteiger partial charge on any atom is 0.341 e. The lowest BCUT2D eigenvalue weighted by atomic mass is 9.86. The standard InChI is InChI=1S/C21H33N3O4S/c25-19(14-5-2-1-3-6-14)13-22-24-18-12-16(29-10-4-7-20(26)27)11-17(18)23(21(24)28)15-8-9-15/h13-19,25H,1-12H2,(H,26,27)/b22-13+. The Morgan fingerprint density at radius 2 is 1.90 bits per heavy atom. The molecule has 1 heterocycles. The van der Waals surface area contributed by atoms with Crippen LogP contribution in [-0.2, 0) is 4.79 Å². The molecule has 0 aromatic heterocycles. The number of nitrogens with zero attached hydrogens (tertiary/aromatic N) is 3. The third-order valence-corrected chi connectivity index (χ3v) is 8.23. The van der Waals surface area contributed by atoms with E-state index in [0.29, 0.717) is 17.7 Å². The van der Waals surface area contributed by atoms with Crippen LogP contribution < -0.4 is 0 Å². The van der Waals surface area contributed by atoms with Crippen LogP contribution in [0.2, 0.25) is 0 Å². The van der Waals surface area contributed by atoms with Crippen molar-refractivity contribution in [3.8, 4) is 0 Å². The predicted molar refractivity (Wildman–Crippen MR) is 113 cm³/mol. The van der Waals surface area contributed by atoms with Gasteiger partial charge in [0.05, 0.1) is 24.4 Å². The minimum Gasteiger partial charge on any atom is -0.481 e. The van der Waals surface area contributed by atoms with Crippen molar-refractivity contribution in [2.24, 2.45) is 11.0 Å². The Balaban J connectivity index is 1.37. The van der Waals surface area contributed by atoms with Gasteiger partial charge < -0.3 is 15.1 Å². The highest BCUT2D eigenvalue weighted by Gasteiger charge is 2.55. The Hall–Kier alpha value is -1.28. The van der Waals surface area contributed by atoms with Crippen molar-refractivity contribution in [2.75, 3.05) is 5.75 Å². The average molecular weight is 424 g/mol. The summed E-state index contributed by atoms with van der Waals surface area (Å²) in [5.74, 6) is 0.371. The minimum atomic E-state index is -0.739. The molecule has 7 nitrogen and oxygen atoms in total. The monoisotopic (exact) mass is 423 g/mol. The zero-order valence-electron chi connectivity index (χ0n) is 17.0. The molecule has 4 rings (SSSR count). The molecular formula is C21H33N3O4S. The summed E-state index contributed by atoms with van der Waals surface area (Å²) in [7, 11) is 0. The Kier molecular flexibility index (Phi) is 6.69. The number of carboxylic acid groups (broad SMARTS) is 1. The van der Waals surface area contributed by atoms with E-state index in [1.54, 1.807) is 11.2 Å². The molecule has 8 heteroatoms. The van der Waals surface area contributed by atoms with Crippen LogP contribution in [0.3, 0.4) is 0 Å². The van der Waals surface area contributed by atoms with Gasteiger partial charge in [0.15, 0.2) is 0 Å². The summed E-state index contributed by atoms with van der Waals surface area (Å²) in [6.45, 7) is 0. The molecule has 3 aliphatic carbocycles. The van der Waals surface area contributed by atoms with Gasteiger partial charge in [-0.15, -0.1) is 0 Å². The molecule has 4 unspecified atom stereocenters. The number of aliphatic hydroxyl groups is 1. The maximum atomic E-state index is 13.0. The van der Waals surface area contributed by atoms with Gasteiger partial charge in [-0.25, -0.2) is 9.80 Å². The Morgan fingerprint density at radius 3 is 2.59 bits per heavy atom. The number of hydrazone groups is 1. The number of thioether (sulfide) groups is 1. The van der Waals surface area contributed by atoms with Crippen molar-refractivity contribution >= 4 is 30.0 Å². The van der Waals surface area contributed by atoms with Crippen molar-refractivity contribution in [1.29, 1.82) is 0 Å². The molecule has 0 spiro atoms. The second kappa shape index (κ2) is 9.25. The summed E-state index contributed by atoms with van der Waals surface area (Å²) < 4.78 is 0. The van der Waals surface area contributed by atoms with Gasteiger partial charge in [0, 0.05) is 17.7 Å². The first-order valence-corrected chi connectivity index (χ1v) is 12.3. The van der Waals surface area contributed by atoms with Gasteiger partial charge in [-0.2, -0.15) is 16.9 Å². The molecule has 162 valence electrons. The number of fused-ring (bicyclic) bond motifs is 1. The van der Waals surface area contributed by atoms with E-state index in [-0.39, 0.29) is 30.5 Å². The molecule has 3 saturated carbocycles. The van der Waals surface area contributed by atoms with Crippen LogP contribution in [0.25, 0.3) is 0 Å². The highest BCUT2D eigenvalue weighted by atomic mass is 32.2. The lowest BCUT2D eigenvalue weighted by molar-refractivity contribution is -0.137. The summed E-state index contributed by atoms with van der Waals surface area (Å²) in [5, 5.41) is 25.9. The highest BCUT2D eigenvalue weighted by Crippen LogP contribution is 2.45. The fourth-order valence-corrected chi connectivity index (χ4v) is 6.49. The predicted octanol–water partition coefficient (Wildman–Crippen LogP) is 3.31. The lowest BCUT2D eigenvalue weighted by Gasteiger charge is -2.25. The molecule has 4 atom stereocenters. The van der Waals surface area contributed by atoms with E-state index >= 15 is 0 Å². The van der Waals surface area contributed by atoms with E-state index in [0.717, 1.165) is 44.3 Å². The molecule has 29 heavy (non-hydrogen) atoms. The Labute approximate surface area is 176 Å². The van der Waals surface area contributed by atoms with E-state index < -0.39 is 12.1 Å². The zero-order valence-corrected chi connectivity index (χ0v) is 17.8. The molecule has 1 aliphatic heterocycles. The van der Waals surface area contributed by atoms with Crippen molar-refractivity contribution < 1.29 is 19.8 Å². The van der Waals surface area contributed by atoms with Crippen molar-refractivity contribution in [2.45, 2.75) is 100 Å². The normalized spacial score (nSPS) is 31.6. The summed E-state index contributed by atoms with van der Waals surface area (Å²) in [4.78, 5) is 25.8. The van der Waals surface area contributed by atoms with Crippen LogP contribution in [0.4, 0.5) is 4.79 Å². The minimum absolute atomic E-state index is 0.00363. The molecule has 4 aliphatic rings. The number of carbonyl (C=O) groups excluding carboxylic acids is 1. The molecule has 0 aromatic carbocycles. The highest BCUT2D eigenvalue weighted by molar-refractivity contribution is 7.99. The number of hydrogen-bond acceptors (Lipinski definition) is 5. The fraction of sp³-hybridized carbons (Fsp3) is 0.857. The topological polar surface area (TPSA) is 93.4 Å². The smallest absolute Gasteiger partial charge is 0.341 e. The number of aliphatic carboxylic acids is 1. The number of aliphatic hydroxyl groups excluding tert-OH is 1. The van der Waals surface area contributed by atoms with E-state index in [1.165, 1.54) is 19.3 Å². The van der Waals surface area contributed by atoms with Crippen LogP contribution in [0, 0.1) is 5.92 Å². The molecule has 0 bridgehead atoms. The van der Waals surface area contributed by atoms with Gasteiger partial charge in [0.25, 0.3) is 0 Å². The number of urea groups is 1. The fourth-order valence-electron chi connectivity index (χ4n) is 5.17. The number of amides is 2. The summed E-state index contributed by atoms with van der Waals surface area (Å²) in [6.07, 6.45) is 11.6. The largest absolute Gasteiger partial charge is 0.481 e. The van der Waals surface area contributed by atoms with E-state index in [9.17, 15) is 14.7 Å².